The van der Waals surface area contributed by atoms with E-state index >= 15 is 0 Å². The molecule has 4 aromatic rings. The molecule has 5 N–H and O–H groups in total. The second-order valence-electron chi connectivity index (χ2n) is 15.7. The van der Waals surface area contributed by atoms with Crippen LogP contribution in [0.2, 0.25) is 0 Å². The lowest BCUT2D eigenvalue weighted by Crippen LogP contribution is -2.42. The van der Waals surface area contributed by atoms with E-state index in [0.717, 1.165) is 86.5 Å². The van der Waals surface area contributed by atoms with Crippen LogP contribution in [-0.4, -0.2) is 73.5 Å². The lowest BCUT2D eigenvalue weighted by molar-refractivity contribution is 0.0792. The van der Waals surface area contributed by atoms with Crippen LogP contribution < -0.4 is 20.9 Å². The molecule has 2 atom stereocenters. The number of hydrogen-bond donors (Lipinski definition) is 5. The number of aromatic nitrogens is 3. The smallest absolute Gasteiger partial charge is 0.320 e. The van der Waals surface area contributed by atoms with Crippen molar-refractivity contribution < 1.29 is 14.6 Å². The summed E-state index contributed by atoms with van der Waals surface area (Å²) in [4.78, 5) is 18.2. The lowest BCUT2D eigenvalue weighted by atomic mass is 9.85. The minimum absolute atomic E-state index is 0.208. The Labute approximate surface area is 311 Å². The van der Waals surface area contributed by atoms with Gasteiger partial charge in [0.25, 0.3) is 0 Å². The van der Waals surface area contributed by atoms with E-state index < -0.39 is 0 Å². The van der Waals surface area contributed by atoms with Crippen molar-refractivity contribution in [2.75, 3.05) is 31.5 Å². The molecular weight excluding hydrogens is 667 g/mol. The number of urea groups is 1. The highest BCUT2D eigenvalue weighted by Crippen LogP contribution is 2.39. The first kappa shape index (κ1) is 36.4. The summed E-state index contributed by atoms with van der Waals surface area (Å²) < 4.78 is 9.97. The van der Waals surface area contributed by atoms with E-state index in [1.54, 1.807) is 22.9 Å². The number of aliphatic hydroxyl groups excluding tert-OH is 1. The van der Waals surface area contributed by atoms with Gasteiger partial charge in [0.15, 0.2) is 0 Å². The number of nitrogens with zero attached hydrogens (tertiary/aromatic N) is 5. The molecule has 0 radical (unpaired) electrons. The van der Waals surface area contributed by atoms with Crippen LogP contribution in [0.5, 0.6) is 5.75 Å². The lowest BCUT2D eigenvalue weighted by Gasteiger charge is -2.33. The van der Waals surface area contributed by atoms with E-state index in [1.807, 2.05) is 46.0 Å². The highest BCUT2D eigenvalue weighted by Gasteiger charge is 2.30. The maximum atomic E-state index is 13.8. The summed E-state index contributed by atoms with van der Waals surface area (Å²) in [5, 5.41) is 38.5. The van der Waals surface area contributed by atoms with Gasteiger partial charge in [0, 0.05) is 44.2 Å². The summed E-state index contributed by atoms with van der Waals surface area (Å²) in [6, 6.07) is 21.3. The number of nitrogens with one attached hydrogen (secondary N) is 4. The molecule has 2 aromatic heterocycles. The number of ether oxygens (including phenoxy) is 1. The van der Waals surface area contributed by atoms with Crippen LogP contribution in [0.25, 0.3) is 5.69 Å². The third-order valence-electron chi connectivity index (χ3n) is 10.7. The summed E-state index contributed by atoms with van der Waals surface area (Å²) in [6.45, 7) is 10.5. The Kier molecular flexibility index (Phi) is 10.7. The van der Waals surface area contributed by atoms with E-state index in [9.17, 15) is 9.90 Å². The molecule has 0 saturated carbocycles. The third-order valence-corrected chi connectivity index (χ3v) is 10.7. The van der Waals surface area contributed by atoms with Gasteiger partial charge in [-0.2, -0.15) is 5.10 Å². The Balaban J connectivity index is 1.06. The number of pyridine rings is 1. The van der Waals surface area contributed by atoms with Gasteiger partial charge in [-0.25, -0.2) is 9.48 Å². The SMILES string of the molecule is CC(C)(C)c1cc(NC(=O)N[C@H]2CC[C@@H](Oc3ccc(=N)n(C(=N)N4CCCCC4)c3)c3ccccc32)n(-c2cccc(CN3CCC(O)CC3)c2)n1. The fourth-order valence-electron chi connectivity index (χ4n) is 7.64. The number of amides is 2. The summed E-state index contributed by atoms with van der Waals surface area (Å²) >= 11 is 0. The predicted molar refractivity (Wildman–Crippen MR) is 206 cm³/mol. The molecule has 1 aliphatic carbocycles. The Morgan fingerprint density at radius 2 is 1.68 bits per heavy atom. The zero-order valence-electron chi connectivity index (χ0n) is 31.1. The molecule has 2 aliphatic heterocycles. The first-order valence-corrected chi connectivity index (χ1v) is 19.1. The van der Waals surface area contributed by atoms with Crippen molar-refractivity contribution in [2.45, 2.75) is 95.9 Å². The van der Waals surface area contributed by atoms with Crippen LogP contribution in [0.4, 0.5) is 10.6 Å². The molecular formula is C41H53N9O3. The molecule has 12 nitrogen and oxygen atoms in total. The maximum absolute atomic E-state index is 13.8. The van der Waals surface area contributed by atoms with Crippen molar-refractivity contribution in [1.29, 1.82) is 10.8 Å². The largest absolute Gasteiger partial charge is 0.484 e. The number of fused-ring (bicyclic) bond motifs is 1. The van der Waals surface area contributed by atoms with Crippen LogP contribution in [-0.2, 0) is 12.0 Å². The zero-order valence-corrected chi connectivity index (χ0v) is 31.1. The molecule has 3 aliphatic rings. The molecule has 2 amide bonds. The van der Waals surface area contributed by atoms with Gasteiger partial charge in [0.1, 0.15) is 23.2 Å². The van der Waals surface area contributed by atoms with Gasteiger partial charge >= 0.3 is 6.03 Å². The highest BCUT2D eigenvalue weighted by atomic mass is 16.5. The van der Waals surface area contributed by atoms with Crippen molar-refractivity contribution >= 4 is 17.8 Å². The van der Waals surface area contributed by atoms with Gasteiger partial charge in [-0.1, -0.05) is 57.2 Å². The van der Waals surface area contributed by atoms with Gasteiger partial charge in [-0.3, -0.25) is 25.6 Å². The monoisotopic (exact) mass is 719 g/mol. The van der Waals surface area contributed by atoms with Gasteiger partial charge in [0.05, 0.1) is 29.7 Å². The highest BCUT2D eigenvalue weighted by molar-refractivity contribution is 5.89. The Hall–Kier alpha value is -4.94. The molecule has 0 spiro atoms. The van der Waals surface area contributed by atoms with Crippen molar-refractivity contribution in [3.05, 3.63) is 101 Å². The number of benzene rings is 2. The minimum Gasteiger partial charge on any atom is -0.484 e. The fourth-order valence-corrected chi connectivity index (χ4v) is 7.64. The molecule has 0 unspecified atom stereocenters. The number of carbonyl (C=O) groups excluding carboxylic acids is 1. The minimum atomic E-state index is -0.308. The summed E-state index contributed by atoms with van der Waals surface area (Å²) in [7, 11) is 0. The predicted octanol–water partition coefficient (Wildman–Crippen LogP) is 6.45. The summed E-state index contributed by atoms with van der Waals surface area (Å²) in [5.41, 5.74) is 4.94. The molecule has 280 valence electrons. The molecule has 7 rings (SSSR count). The van der Waals surface area contributed by atoms with E-state index in [2.05, 4.69) is 54.5 Å². The Bertz CT molecular complexity index is 1980. The first-order valence-electron chi connectivity index (χ1n) is 19.1. The maximum Gasteiger partial charge on any atom is 0.320 e. The van der Waals surface area contributed by atoms with Crippen LogP contribution in [0.1, 0.15) is 100 Å². The topological polar surface area (TPSA) is 148 Å². The van der Waals surface area contributed by atoms with Crippen molar-refractivity contribution in [1.82, 2.24) is 29.5 Å². The van der Waals surface area contributed by atoms with E-state index in [1.165, 1.54) is 6.42 Å². The second-order valence-corrected chi connectivity index (χ2v) is 15.7. The van der Waals surface area contributed by atoms with E-state index in [0.29, 0.717) is 30.4 Å². The number of rotatable bonds is 7. The van der Waals surface area contributed by atoms with Crippen molar-refractivity contribution in [2.24, 2.45) is 0 Å². The quantitative estimate of drug-likeness (QED) is 0.110. The number of anilines is 1. The number of hydrogen-bond acceptors (Lipinski definition) is 7. The van der Waals surface area contributed by atoms with E-state index in [4.69, 9.17) is 20.7 Å². The average Bonchev–Trinajstić information content (AvgIpc) is 3.59. The van der Waals surface area contributed by atoms with Crippen molar-refractivity contribution in [3.63, 3.8) is 0 Å². The summed E-state index contributed by atoms with van der Waals surface area (Å²) in [6.07, 6.45) is 7.54. The van der Waals surface area contributed by atoms with Gasteiger partial charge in [-0.15, -0.1) is 0 Å². The molecule has 12 heteroatoms. The fraction of sp³-hybridized carbons (Fsp3) is 0.463. The Morgan fingerprint density at radius 3 is 2.43 bits per heavy atom. The number of carbonyl (C=O) groups is 1. The van der Waals surface area contributed by atoms with Gasteiger partial charge in [0.2, 0.25) is 5.96 Å². The standard InChI is InChI=1S/C41H53N9O3/c1-41(2,3)36-25-38(50(46-36)29-11-9-10-28(24-29)26-47-22-18-30(51)19-23-47)45-40(52)44-34-15-16-35(33-13-6-5-12-32(33)34)53-31-14-17-37(42)49(27-31)39(43)48-20-7-4-8-21-48/h5-6,9-14,17,24-25,27,30,34-35,42-43,51H,4,7-8,15-16,18-23,26H2,1-3H3,(H2,44,45,52)/t34-,35+/m0/s1. The molecule has 53 heavy (non-hydrogen) atoms. The van der Waals surface area contributed by atoms with Crippen molar-refractivity contribution in [3.8, 4) is 11.4 Å². The molecule has 4 heterocycles. The summed E-state index contributed by atoms with van der Waals surface area (Å²) in [5.74, 6) is 1.51. The molecule has 2 saturated heterocycles. The van der Waals surface area contributed by atoms with Crippen LogP contribution >= 0.6 is 0 Å². The number of piperidine rings is 2. The molecule has 2 aromatic carbocycles. The number of likely N-dealkylation sites (tertiary alicyclic amines) is 2. The molecule has 2 fully saturated rings. The number of aliphatic hydroxyl groups is 1. The zero-order chi connectivity index (χ0) is 37.1. The van der Waals surface area contributed by atoms with Gasteiger partial charge < -0.3 is 20.1 Å². The van der Waals surface area contributed by atoms with Crippen LogP contribution in [0.3, 0.4) is 0 Å². The van der Waals surface area contributed by atoms with E-state index in [-0.39, 0.29) is 35.2 Å². The first-order chi connectivity index (χ1) is 25.5. The average molecular weight is 720 g/mol. The second kappa shape index (κ2) is 15.6. The van der Waals surface area contributed by atoms with Crippen LogP contribution in [0.15, 0.2) is 72.9 Å². The normalized spacial score (nSPS) is 19.7. The van der Waals surface area contributed by atoms with Crippen LogP contribution in [0, 0.1) is 10.8 Å². The van der Waals surface area contributed by atoms with Gasteiger partial charge in [-0.05, 0) is 85.9 Å². The molecule has 0 bridgehead atoms. The Morgan fingerprint density at radius 1 is 0.925 bits per heavy atom. The third kappa shape index (κ3) is 8.49.